The smallest absolute Gasteiger partial charge is 0.335 e. The molecule has 19 heavy (non-hydrogen) atoms. The third-order valence-electron chi connectivity index (χ3n) is 3.13. The van der Waals surface area contributed by atoms with Crippen LogP contribution in [0.15, 0.2) is 22.7 Å². The lowest BCUT2D eigenvalue weighted by Crippen LogP contribution is -2.08. The van der Waals surface area contributed by atoms with Gasteiger partial charge in [0.15, 0.2) is 0 Å². The zero-order chi connectivity index (χ0) is 13.7. The van der Waals surface area contributed by atoms with Gasteiger partial charge in [-0.15, -0.1) is 0 Å². The van der Waals surface area contributed by atoms with Crippen molar-refractivity contribution in [2.24, 2.45) is 0 Å². The Bertz CT molecular complexity index is 441. The molecule has 0 amide bonds. The summed E-state index contributed by atoms with van der Waals surface area (Å²) >= 11 is 3.36. The first-order valence-corrected chi connectivity index (χ1v) is 7.23. The number of aromatic carboxylic acids is 1. The van der Waals surface area contributed by atoms with Crippen LogP contribution in [-0.2, 0) is 4.74 Å². The number of ether oxygens (including phenoxy) is 2. The molecule has 0 bridgehead atoms. The Kier molecular flexibility index (Phi) is 5.22. The first kappa shape index (κ1) is 14.3. The van der Waals surface area contributed by atoms with Crippen LogP contribution in [-0.4, -0.2) is 30.4 Å². The lowest BCUT2D eigenvalue weighted by atomic mass is 10.1. The summed E-state index contributed by atoms with van der Waals surface area (Å²) in [6.07, 6.45) is 4.57. The van der Waals surface area contributed by atoms with Gasteiger partial charge >= 0.3 is 5.97 Å². The predicted molar refractivity (Wildman–Crippen MR) is 74.8 cm³/mol. The van der Waals surface area contributed by atoms with Crippen molar-refractivity contribution in [3.05, 3.63) is 28.2 Å². The second-order valence-corrected chi connectivity index (χ2v) is 5.43. The van der Waals surface area contributed by atoms with Crippen molar-refractivity contribution in [3.63, 3.8) is 0 Å². The van der Waals surface area contributed by atoms with Crippen LogP contribution < -0.4 is 4.74 Å². The van der Waals surface area contributed by atoms with Gasteiger partial charge in [-0.25, -0.2) is 4.79 Å². The first-order chi connectivity index (χ1) is 9.16. The molecule has 1 atom stereocenters. The van der Waals surface area contributed by atoms with Gasteiger partial charge in [0.1, 0.15) is 5.75 Å². The minimum atomic E-state index is -0.947. The molecule has 0 radical (unpaired) electrons. The lowest BCUT2D eigenvalue weighted by Gasteiger charge is -2.11. The average Bonchev–Trinajstić information content (AvgIpc) is 2.89. The summed E-state index contributed by atoms with van der Waals surface area (Å²) in [6, 6.07) is 4.78. The summed E-state index contributed by atoms with van der Waals surface area (Å²) < 4.78 is 11.9. The minimum Gasteiger partial charge on any atom is -0.492 e. The van der Waals surface area contributed by atoms with E-state index in [1.54, 1.807) is 18.2 Å². The Hall–Kier alpha value is -1.07. The molecule has 1 unspecified atom stereocenters. The highest BCUT2D eigenvalue weighted by atomic mass is 79.9. The number of carboxylic acid groups (broad SMARTS) is 1. The molecule has 1 saturated heterocycles. The Balaban J connectivity index is 1.81. The fourth-order valence-electron chi connectivity index (χ4n) is 2.11. The van der Waals surface area contributed by atoms with Gasteiger partial charge in [0.2, 0.25) is 0 Å². The van der Waals surface area contributed by atoms with Crippen LogP contribution in [0.3, 0.4) is 0 Å². The zero-order valence-electron chi connectivity index (χ0n) is 10.6. The van der Waals surface area contributed by atoms with Gasteiger partial charge in [-0.1, -0.05) is 0 Å². The number of benzene rings is 1. The third kappa shape index (κ3) is 4.21. The Labute approximate surface area is 120 Å². The summed E-state index contributed by atoms with van der Waals surface area (Å²) in [5, 5.41) is 8.93. The van der Waals surface area contributed by atoms with Crippen molar-refractivity contribution in [1.29, 1.82) is 0 Å². The fraction of sp³-hybridized carbons (Fsp3) is 0.500. The number of hydrogen-bond donors (Lipinski definition) is 1. The highest BCUT2D eigenvalue weighted by molar-refractivity contribution is 9.10. The summed E-state index contributed by atoms with van der Waals surface area (Å²) in [7, 11) is 0. The van der Waals surface area contributed by atoms with Gasteiger partial charge in [0.05, 0.1) is 22.7 Å². The molecule has 4 nitrogen and oxygen atoms in total. The Morgan fingerprint density at radius 2 is 2.37 bits per heavy atom. The second-order valence-electron chi connectivity index (χ2n) is 4.58. The molecule has 1 aliphatic heterocycles. The van der Waals surface area contributed by atoms with Gasteiger partial charge in [-0.3, -0.25) is 0 Å². The monoisotopic (exact) mass is 328 g/mol. The van der Waals surface area contributed by atoms with Gasteiger partial charge in [0, 0.05) is 6.61 Å². The summed E-state index contributed by atoms with van der Waals surface area (Å²) in [5.74, 6) is -0.371. The molecule has 5 heteroatoms. The van der Waals surface area contributed by atoms with Crippen LogP contribution in [0.1, 0.15) is 36.0 Å². The highest BCUT2D eigenvalue weighted by Crippen LogP contribution is 2.26. The van der Waals surface area contributed by atoms with Crippen molar-refractivity contribution in [3.8, 4) is 5.75 Å². The molecular formula is C14H17BrO4. The van der Waals surface area contributed by atoms with E-state index >= 15 is 0 Å². The van der Waals surface area contributed by atoms with Crippen molar-refractivity contribution >= 4 is 21.9 Å². The van der Waals surface area contributed by atoms with E-state index < -0.39 is 5.97 Å². The maximum absolute atomic E-state index is 10.9. The predicted octanol–water partition coefficient (Wildman–Crippen LogP) is 3.49. The second kappa shape index (κ2) is 6.91. The fourth-order valence-corrected chi connectivity index (χ4v) is 2.47. The van der Waals surface area contributed by atoms with Crippen molar-refractivity contribution in [1.82, 2.24) is 0 Å². The molecular weight excluding hydrogens is 312 g/mol. The number of halogens is 1. The van der Waals surface area contributed by atoms with E-state index in [1.165, 1.54) is 0 Å². The van der Waals surface area contributed by atoms with E-state index in [-0.39, 0.29) is 5.56 Å². The lowest BCUT2D eigenvalue weighted by molar-refractivity contribution is 0.0696. The van der Waals surface area contributed by atoms with Gasteiger partial charge in [0.25, 0.3) is 0 Å². The van der Waals surface area contributed by atoms with Gasteiger partial charge in [-0.2, -0.15) is 0 Å². The maximum Gasteiger partial charge on any atom is 0.335 e. The molecule has 1 N–H and O–H groups in total. The van der Waals surface area contributed by atoms with Gasteiger partial charge < -0.3 is 14.6 Å². The van der Waals surface area contributed by atoms with Crippen LogP contribution in [0.4, 0.5) is 0 Å². The zero-order valence-corrected chi connectivity index (χ0v) is 12.2. The normalized spacial score (nSPS) is 18.5. The quantitative estimate of drug-likeness (QED) is 0.812. The van der Waals surface area contributed by atoms with Crippen LogP contribution in [0.2, 0.25) is 0 Å². The molecule has 0 aromatic heterocycles. The summed E-state index contributed by atoms with van der Waals surface area (Å²) in [4.78, 5) is 10.9. The van der Waals surface area contributed by atoms with Crippen LogP contribution in [0, 0.1) is 0 Å². The summed E-state index contributed by atoms with van der Waals surface area (Å²) in [5.41, 5.74) is 0.234. The van der Waals surface area contributed by atoms with Crippen molar-refractivity contribution < 1.29 is 19.4 Å². The number of hydrogen-bond acceptors (Lipinski definition) is 3. The van der Waals surface area contributed by atoms with E-state index in [1.807, 2.05) is 0 Å². The van der Waals surface area contributed by atoms with Crippen molar-refractivity contribution in [2.45, 2.75) is 31.8 Å². The van der Waals surface area contributed by atoms with Gasteiger partial charge in [-0.05, 0) is 59.8 Å². The largest absolute Gasteiger partial charge is 0.492 e. The van der Waals surface area contributed by atoms with Crippen LogP contribution >= 0.6 is 15.9 Å². The number of rotatable bonds is 6. The summed E-state index contributed by atoms with van der Waals surface area (Å²) in [6.45, 7) is 1.44. The highest BCUT2D eigenvalue weighted by Gasteiger charge is 2.15. The molecule has 1 aromatic rings. The molecule has 1 heterocycles. The topological polar surface area (TPSA) is 55.8 Å². The third-order valence-corrected chi connectivity index (χ3v) is 3.79. The molecule has 1 aliphatic rings. The standard InChI is InChI=1S/C14H17BrO4/c15-12-6-5-10(14(16)17)9-13(12)19-8-2-4-11-3-1-7-18-11/h5-6,9,11H,1-4,7-8H2,(H,16,17). The maximum atomic E-state index is 10.9. The molecule has 0 saturated carbocycles. The molecule has 1 aromatic carbocycles. The molecule has 0 spiro atoms. The van der Waals surface area contributed by atoms with E-state index in [0.717, 1.165) is 36.8 Å². The first-order valence-electron chi connectivity index (χ1n) is 6.44. The molecule has 0 aliphatic carbocycles. The average molecular weight is 329 g/mol. The SMILES string of the molecule is O=C(O)c1ccc(Br)c(OCCCC2CCCO2)c1. The van der Waals surface area contributed by atoms with Crippen LogP contribution in [0.5, 0.6) is 5.75 Å². The Morgan fingerprint density at radius 1 is 1.53 bits per heavy atom. The molecule has 1 fully saturated rings. The van der Waals surface area contributed by atoms with E-state index in [2.05, 4.69) is 15.9 Å². The Morgan fingerprint density at radius 3 is 3.05 bits per heavy atom. The number of carboxylic acids is 1. The van der Waals surface area contributed by atoms with E-state index in [4.69, 9.17) is 14.6 Å². The molecule has 2 rings (SSSR count). The van der Waals surface area contributed by atoms with E-state index in [0.29, 0.717) is 18.5 Å². The van der Waals surface area contributed by atoms with Crippen molar-refractivity contribution in [2.75, 3.05) is 13.2 Å². The number of carbonyl (C=O) groups is 1. The minimum absolute atomic E-state index is 0.234. The van der Waals surface area contributed by atoms with Crippen LogP contribution in [0.25, 0.3) is 0 Å². The van der Waals surface area contributed by atoms with E-state index in [9.17, 15) is 4.79 Å². The molecule has 104 valence electrons.